The Hall–Kier alpha value is -1.34. The van der Waals surface area contributed by atoms with Crippen LogP contribution in [0.25, 0.3) is 20.2 Å². The van der Waals surface area contributed by atoms with Crippen LogP contribution in [0, 0.1) is 0 Å². The lowest BCUT2D eigenvalue weighted by atomic mass is 9.96. The van der Waals surface area contributed by atoms with Crippen molar-refractivity contribution in [1.29, 1.82) is 0 Å². The lowest BCUT2D eigenvalue weighted by Gasteiger charge is -2.09. The van der Waals surface area contributed by atoms with Gasteiger partial charge in [0.15, 0.2) is 0 Å². The van der Waals surface area contributed by atoms with Crippen LogP contribution in [0.3, 0.4) is 0 Å². The Morgan fingerprint density at radius 2 is 1.78 bits per heavy atom. The standard InChI is InChI=1S/C17H18S/c1-3-7-13-12(4-2)10-11-16-17(13)14-8-5-6-9-15(14)18-16/h5-6,8-11H,3-4,7H2,1-2H3. The molecule has 0 amide bonds. The van der Waals surface area contributed by atoms with Crippen LogP contribution in [0.1, 0.15) is 31.4 Å². The molecule has 92 valence electrons. The second-order valence-corrected chi connectivity index (χ2v) is 5.86. The average Bonchev–Trinajstić information content (AvgIpc) is 2.78. The second kappa shape index (κ2) is 4.74. The molecule has 0 bridgehead atoms. The van der Waals surface area contributed by atoms with Gasteiger partial charge in [-0.3, -0.25) is 0 Å². The Bertz CT molecular complexity index is 691. The molecule has 0 radical (unpaired) electrons. The molecule has 3 rings (SSSR count). The predicted octanol–water partition coefficient (Wildman–Crippen LogP) is 5.57. The van der Waals surface area contributed by atoms with Crippen molar-refractivity contribution in [2.75, 3.05) is 0 Å². The highest BCUT2D eigenvalue weighted by atomic mass is 32.1. The first-order valence-electron chi connectivity index (χ1n) is 6.77. The Kier molecular flexibility index (Phi) is 3.09. The third kappa shape index (κ3) is 1.74. The molecule has 3 aromatic rings. The smallest absolute Gasteiger partial charge is 0.0358 e. The van der Waals surface area contributed by atoms with E-state index in [1.54, 1.807) is 5.56 Å². The van der Waals surface area contributed by atoms with Crippen LogP contribution in [0.5, 0.6) is 0 Å². The Morgan fingerprint density at radius 3 is 2.56 bits per heavy atom. The zero-order valence-electron chi connectivity index (χ0n) is 11.0. The third-order valence-corrected chi connectivity index (χ3v) is 4.76. The van der Waals surface area contributed by atoms with Gasteiger partial charge in [0, 0.05) is 20.2 Å². The van der Waals surface area contributed by atoms with E-state index in [-0.39, 0.29) is 0 Å². The Morgan fingerprint density at radius 1 is 0.944 bits per heavy atom. The molecule has 0 nitrogen and oxygen atoms in total. The number of thiophene rings is 1. The summed E-state index contributed by atoms with van der Waals surface area (Å²) in [7, 11) is 0. The fourth-order valence-corrected chi connectivity index (χ4v) is 3.93. The van der Waals surface area contributed by atoms with Crippen molar-refractivity contribution in [2.45, 2.75) is 33.1 Å². The number of benzene rings is 2. The minimum absolute atomic E-state index is 1.13. The lowest BCUT2D eigenvalue weighted by molar-refractivity contribution is 0.909. The molecule has 0 fully saturated rings. The minimum Gasteiger partial charge on any atom is -0.135 e. The fraction of sp³-hybridized carbons (Fsp3) is 0.294. The van der Waals surface area contributed by atoms with E-state index in [4.69, 9.17) is 0 Å². The van der Waals surface area contributed by atoms with E-state index in [9.17, 15) is 0 Å². The molecular formula is C17H18S. The number of rotatable bonds is 3. The first-order valence-corrected chi connectivity index (χ1v) is 7.58. The SMILES string of the molecule is CCCc1c(CC)ccc2sc3ccccc3c12. The molecule has 0 unspecified atom stereocenters. The maximum Gasteiger partial charge on any atom is 0.0358 e. The van der Waals surface area contributed by atoms with Crippen LogP contribution in [0.2, 0.25) is 0 Å². The van der Waals surface area contributed by atoms with Gasteiger partial charge in [-0.25, -0.2) is 0 Å². The second-order valence-electron chi connectivity index (χ2n) is 4.78. The monoisotopic (exact) mass is 254 g/mol. The Balaban J connectivity index is 2.43. The van der Waals surface area contributed by atoms with Gasteiger partial charge in [0.05, 0.1) is 0 Å². The molecular weight excluding hydrogens is 236 g/mol. The van der Waals surface area contributed by atoms with Gasteiger partial charge in [0.2, 0.25) is 0 Å². The molecule has 0 aliphatic heterocycles. The van der Waals surface area contributed by atoms with E-state index in [2.05, 4.69) is 50.2 Å². The number of hydrogen-bond acceptors (Lipinski definition) is 1. The van der Waals surface area contributed by atoms with E-state index >= 15 is 0 Å². The summed E-state index contributed by atoms with van der Waals surface area (Å²) >= 11 is 1.92. The topological polar surface area (TPSA) is 0 Å². The van der Waals surface area contributed by atoms with Crippen LogP contribution in [0.4, 0.5) is 0 Å². The molecule has 0 saturated heterocycles. The van der Waals surface area contributed by atoms with E-state index < -0.39 is 0 Å². The van der Waals surface area contributed by atoms with Gasteiger partial charge in [0.1, 0.15) is 0 Å². The van der Waals surface area contributed by atoms with Crippen molar-refractivity contribution >= 4 is 31.5 Å². The summed E-state index contributed by atoms with van der Waals surface area (Å²) in [5.74, 6) is 0. The summed E-state index contributed by atoms with van der Waals surface area (Å²) in [6.07, 6.45) is 3.55. The van der Waals surface area contributed by atoms with E-state index in [0.717, 1.165) is 6.42 Å². The number of aryl methyl sites for hydroxylation is 2. The van der Waals surface area contributed by atoms with Crippen LogP contribution in [0.15, 0.2) is 36.4 Å². The summed E-state index contributed by atoms with van der Waals surface area (Å²) < 4.78 is 2.86. The van der Waals surface area contributed by atoms with Crippen molar-refractivity contribution in [2.24, 2.45) is 0 Å². The summed E-state index contributed by atoms with van der Waals surface area (Å²) in [6.45, 7) is 4.53. The van der Waals surface area contributed by atoms with Crippen molar-refractivity contribution in [3.8, 4) is 0 Å². The molecule has 0 aliphatic carbocycles. The zero-order valence-corrected chi connectivity index (χ0v) is 11.8. The van der Waals surface area contributed by atoms with Gasteiger partial charge < -0.3 is 0 Å². The first kappa shape index (κ1) is 11.7. The van der Waals surface area contributed by atoms with E-state index in [0.29, 0.717) is 0 Å². The van der Waals surface area contributed by atoms with E-state index in [1.165, 1.54) is 38.6 Å². The molecule has 1 aromatic heterocycles. The molecule has 1 heterocycles. The van der Waals surface area contributed by atoms with Crippen LogP contribution in [-0.4, -0.2) is 0 Å². The highest BCUT2D eigenvalue weighted by Gasteiger charge is 2.11. The number of hydrogen-bond donors (Lipinski definition) is 0. The summed E-state index contributed by atoms with van der Waals surface area (Å²) in [4.78, 5) is 0. The van der Waals surface area contributed by atoms with Crippen molar-refractivity contribution < 1.29 is 0 Å². The van der Waals surface area contributed by atoms with Crippen molar-refractivity contribution in [3.05, 3.63) is 47.5 Å². The molecule has 0 aliphatic rings. The summed E-state index contributed by atoms with van der Waals surface area (Å²) in [5.41, 5.74) is 3.10. The Labute approximate surface area is 112 Å². The highest BCUT2D eigenvalue weighted by Crippen LogP contribution is 2.37. The highest BCUT2D eigenvalue weighted by molar-refractivity contribution is 7.25. The van der Waals surface area contributed by atoms with Crippen LogP contribution in [-0.2, 0) is 12.8 Å². The summed E-state index contributed by atoms with van der Waals surface area (Å²) in [5, 5.41) is 2.95. The van der Waals surface area contributed by atoms with Gasteiger partial charge in [-0.2, -0.15) is 0 Å². The van der Waals surface area contributed by atoms with Crippen molar-refractivity contribution in [1.82, 2.24) is 0 Å². The molecule has 0 N–H and O–H groups in total. The molecule has 0 saturated carbocycles. The summed E-state index contributed by atoms with van der Waals surface area (Å²) in [6, 6.07) is 13.4. The number of fused-ring (bicyclic) bond motifs is 3. The maximum atomic E-state index is 2.32. The normalized spacial score (nSPS) is 11.4. The van der Waals surface area contributed by atoms with Crippen LogP contribution >= 0.6 is 11.3 Å². The predicted molar refractivity (Wildman–Crippen MR) is 82.7 cm³/mol. The van der Waals surface area contributed by atoms with Gasteiger partial charge in [0.25, 0.3) is 0 Å². The molecule has 1 heteroatoms. The minimum atomic E-state index is 1.13. The van der Waals surface area contributed by atoms with E-state index in [1.807, 2.05) is 11.3 Å². The van der Waals surface area contributed by atoms with Crippen LogP contribution < -0.4 is 0 Å². The van der Waals surface area contributed by atoms with Crippen molar-refractivity contribution in [3.63, 3.8) is 0 Å². The third-order valence-electron chi connectivity index (χ3n) is 3.63. The fourth-order valence-electron chi connectivity index (χ4n) is 2.80. The van der Waals surface area contributed by atoms with Gasteiger partial charge in [-0.1, -0.05) is 44.5 Å². The average molecular weight is 254 g/mol. The molecule has 18 heavy (non-hydrogen) atoms. The van der Waals surface area contributed by atoms with Gasteiger partial charge in [-0.15, -0.1) is 11.3 Å². The molecule has 0 spiro atoms. The van der Waals surface area contributed by atoms with Gasteiger partial charge >= 0.3 is 0 Å². The maximum absolute atomic E-state index is 2.32. The lowest BCUT2D eigenvalue weighted by Crippen LogP contribution is -1.93. The molecule has 2 aromatic carbocycles. The quantitative estimate of drug-likeness (QED) is 0.573. The zero-order chi connectivity index (χ0) is 12.5. The largest absolute Gasteiger partial charge is 0.135 e. The first-order chi connectivity index (χ1) is 8.85. The van der Waals surface area contributed by atoms with Gasteiger partial charge in [-0.05, 0) is 36.1 Å². The molecule has 0 atom stereocenters.